The van der Waals surface area contributed by atoms with Crippen LogP contribution in [0.2, 0.25) is 0 Å². The molecule has 4 atom stereocenters. The molecular formula is C26H26N2O6S. The number of nitrogens with zero attached hydrogens (tertiary/aromatic N) is 1. The van der Waals surface area contributed by atoms with Gasteiger partial charge in [0.15, 0.2) is 5.92 Å². The Kier molecular flexibility index (Phi) is 5.83. The highest BCUT2D eigenvalue weighted by molar-refractivity contribution is 8.01. The number of thioether (sulfide) groups is 1. The molecule has 182 valence electrons. The second-order valence-corrected chi connectivity index (χ2v) is 11.4. The van der Waals surface area contributed by atoms with Gasteiger partial charge in [0, 0.05) is 4.75 Å². The van der Waals surface area contributed by atoms with E-state index in [-0.39, 0.29) is 0 Å². The van der Waals surface area contributed by atoms with Crippen LogP contribution in [0.25, 0.3) is 0 Å². The van der Waals surface area contributed by atoms with Crippen molar-refractivity contribution in [3.8, 4) is 5.75 Å². The van der Waals surface area contributed by atoms with E-state index in [9.17, 15) is 24.3 Å². The van der Waals surface area contributed by atoms with E-state index in [4.69, 9.17) is 4.74 Å². The lowest BCUT2D eigenvalue weighted by molar-refractivity contribution is -0.161. The fourth-order valence-electron chi connectivity index (χ4n) is 5.21. The molecule has 0 bridgehead atoms. The molecule has 35 heavy (non-hydrogen) atoms. The van der Waals surface area contributed by atoms with Crippen LogP contribution in [0.3, 0.4) is 0 Å². The van der Waals surface area contributed by atoms with Crippen LogP contribution in [0.1, 0.15) is 42.9 Å². The number of rotatable bonds is 6. The Balaban J connectivity index is 1.35. The van der Waals surface area contributed by atoms with E-state index in [0.29, 0.717) is 11.3 Å². The van der Waals surface area contributed by atoms with Gasteiger partial charge in [-0.15, -0.1) is 11.8 Å². The number of amides is 2. The van der Waals surface area contributed by atoms with Crippen molar-refractivity contribution in [2.24, 2.45) is 0 Å². The molecule has 8 nitrogen and oxygen atoms in total. The lowest BCUT2D eigenvalue weighted by Gasteiger charge is -2.43. The smallest absolute Gasteiger partial charge is 0.328 e. The molecule has 2 aliphatic heterocycles. The van der Waals surface area contributed by atoms with Gasteiger partial charge >= 0.3 is 11.9 Å². The highest BCUT2D eigenvalue weighted by atomic mass is 32.2. The van der Waals surface area contributed by atoms with Crippen LogP contribution >= 0.6 is 11.8 Å². The molecule has 2 N–H and O–H groups in total. The van der Waals surface area contributed by atoms with Gasteiger partial charge in [0.2, 0.25) is 11.8 Å². The van der Waals surface area contributed by atoms with Crippen LogP contribution in [0.4, 0.5) is 0 Å². The number of aliphatic carboxylic acids is 1. The summed E-state index contributed by atoms with van der Waals surface area (Å²) < 4.78 is 4.92. The van der Waals surface area contributed by atoms with Crippen LogP contribution < -0.4 is 10.1 Å². The van der Waals surface area contributed by atoms with Crippen LogP contribution in [-0.4, -0.2) is 56.0 Å². The number of carbonyl (C=O) groups is 4. The summed E-state index contributed by atoms with van der Waals surface area (Å²) in [4.78, 5) is 52.5. The second-order valence-electron chi connectivity index (χ2n) is 9.63. The normalized spacial score (nSPS) is 24.7. The number of carboxylic acid groups (broad SMARTS) is 1. The van der Waals surface area contributed by atoms with Crippen LogP contribution in [0, 0.1) is 0 Å². The fraction of sp³-hybridized carbons (Fsp3) is 0.385. The zero-order chi connectivity index (χ0) is 24.9. The fourth-order valence-corrected chi connectivity index (χ4v) is 6.83. The van der Waals surface area contributed by atoms with Gasteiger partial charge in [-0.25, -0.2) is 4.79 Å². The quantitative estimate of drug-likeness (QED) is 0.275. The first kappa shape index (κ1) is 23.4. The molecule has 2 saturated heterocycles. The van der Waals surface area contributed by atoms with E-state index >= 15 is 0 Å². The summed E-state index contributed by atoms with van der Waals surface area (Å²) in [6.07, 6.45) is 2.99. The average molecular weight is 495 g/mol. The monoisotopic (exact) mass is 494 g/mol. The molecule has 2 amide bonds. The van der Waals surface area contributed by atoms with Crippen molar-refractivity contribution in [2.45, 2.75) is 61.2 Å². The van der Waals surface area contributed by atoms with Gasteiger partial charge in [-0.1, -0.05) is 36.4 Å². The largest absolute Gasteiger partial charge is 0.480 e. The van der Waals surface area contributed by atoms with Crippen LogP contribution in [0.15, 0.2) is 48.5 Å². The summed E-state index contributed by atoms with van der Waals surface area (Å²) in [7, 11) is 0. The van der Waals surface area contributed by atoms with Gasteiger partial charge in [-0.2, -0.15) is 0 Å². The summed E-state index contributed by atoms with van der Waals surface area (Å²) in [6.45, 7) is 3.53. The third-order valence-electron chi connectivity index (χ3n) is 6.89. The van der Waals surface area contributed by atoms with Crippen molar-refractivity contribution in [2.75, 3.05) is 0 Å². The molecule has 0 saturated carbocycles. The first-order valence-corrected chi connectivity index (χ1v) is 12.5. The second kappa shape index (κ2) is 8.71. The van der Waals surface area contributed by atoms with Crippen molar-refractivity contribution < 1.29 is 29.0 Å². The molecule has 9 heteroatoms. The lowest BCUT2D eigenvalue weighted by Crippen LogP contribution is -2.71. The molecule has 0 aromatic heterocycles. The average Bonchev–Trinajstić information content (AvgIpc) is 3.38. The summed E-state index contributed by atoms with van der Waals surface area (Å²) in [5.41, 5.74) is 2.83. The predicted molar refractivity (Wildman–Crippen MR) is 129 cm³/mol. The van der Waals surface area contributed by atoms with E-state index in [0.717, 1.165) is 24.8 Å². The van der Waals surface area contributed by atoms with Crippen LogP contribution in [-0.2, 0) is 32.0 Å². The van der Waals surface area contributed by atoms with Gasteiger partial charge < -0.3 is 20.1 Å². The number of carboxylic acids is 1. The van der Waals surface area contributed by atoms with Gasteiger partial charge in [0.25, 0.3) is 0 Å². The molecule has 0 spiro atoms. The predicted octanol–water partition coefficient (Wildman–Crippen LogP) is 2.50. The maximum atomic E-state index is 13.4. The van der Waals surface area contributed by atoms with Gasteiger partial charge in [-0.3, -0.25) is 14.4 Å². The molecule has 3 unspecified atom stereocenters. The molecule has 3 aliphatic rings. The Bertz CT molecular complexity index is 1210. The zero-order valence-electron chi connectivity index (χ0n) is 19.4. The number of esters is 1. The Morgan fingerprint density at radius 2 is 1.83 bits per heavy atom. The molecular weight excluding hydrogens is 468 g/mol. The third kappa shape index (κ3) is 4.07. The number of benzene rings is 2. The molecule has 1 aliphatic carbocycles. The van der Waals surface area contributed by atoms with Crippen molar-refractivity contribution in [1.29, 1.82) is 0 Å². The van der Waals surface area contributed by atoms with Crippen molar-refractivity contribution in [1.82, 2.24) is 10.2 Å². The van der Waals surface area contributed by atoms with E-state index in [1.54, 1.807) is 50.2 Å². The third-order valence-corrected chi connectivity index (χ3v) is 8.46. The van der Waals surface area contributed by atoms with Gasteiger partial charge in [-0.05, 0) is 61.9 Å². The lowest BCUT2D eigenvalue weighted by atomic mass is 9.94. The molecule has 2 aromatic carbocycles. The minimum Gasteiger partial charge on any atom is -0.480 e. The number of ether oxygens (including phenoxy) is 1. The number of β-lactam (4-membered cyclic amide) rings is 1. The van der Waals surface area contributed by atoms with Crippen molar-refractivity contribution in [3.05, 3.63) is 65.2 Å². The van der Waals surface area contributed by atoms with Gasteiger partial charge in [0.05, 0.1) is 0 Å². The number of hydrogen-bond acceptors (Lipinski definition) is 6. The highest BCUT2D eigenvalue weighted by Gasteiger charge is 2.64. The first-order valence-electron chi connectivity index (χ1n) is 11.6. The summed E-state index contributed by atoms with van der Waals surface area (Å²) >= 11 is 1.33. The number of hydrogen-bond donors (Lipinski definition) is 2. The van der Waals surface area contributed by atoms with Crippen molar-refractivity contribution in [3.63, 3.8) is 0 Å². The Morgan fingerprint density at radius 3 is 2.54 bits per heavy atom. The molecule has 5 rings (SSSR count). The topological polar surface area (TPSA) is 113 Å². The summed E-state index contributed by atoms with van der Waals surface area (Å²) in [5.74, 6) is -3.83. The zero-order valence-corrected chi connectivity index (χ0v) is 20.2. The Hall–Kier alpha value is -3.33. The number of nitrogens with one attached hydrogen (secondary N) is 1. The van der Waals surface area contributed by atoms with Crippen molar-refractivity contribution >= 4 is 35.5 Å². The Labute approximate surface area is 207 Å². The summed E-state index contributed by atoms with van der Waals surface area (Å²) in [5, 5.41) is 11.8. The van der Waals surface area contributed by atoms with E-state index in [1.165, 1.54) is 22.2 Å². The number of fused-ring (bicyclic) bond motifs is 2. The first-order chi connectivity index (χ1) is 16.7. The molecule has 2 fully saturated rings. The Morgan fingerprint density at radius 1 is 1.11 bits per heavy atom. The highest BCUT2D eigenvalue weighted by Crippen LogP contribution is 2.50. The number of aryl methyl sites for hydroxylation is 2. The van der Waals surface area contributed by atoms with E-state index in [1.807, 2.05) is 12.1 Å². The van der Waals surface area contributed by atoms with E-state index < -0.39 is 51.9 Å². The van der Waals surface area contributed by atoms with Crippen LogP contribution in [0.5, 0.6) is 5.75 Å². The van der Waals surface area contributed by atoms with Gasteiger partial charge in [0.1, 0.15) is 23.2 Å². The SMILES string of the molecule is CC1(C)S[C@H]2C(NC(=O)C(C(=O)Oc3ccc4c(c3)CCC4)c3ccccc3)C(=O)N2C1C(=O)O. The molecule has 2 heterocycles. The standard InChI is InChI=1S/C26H26N2O6S/c1-26(2)20(24(31)32)28-22(30)19(23(28)35-26)27-21(29)18(15-7-4-3-5-8-15)25(33)34-17-12-11-14-9-6-10-16(14)13-17/h3-5,7-8,11-13,18-20,23H,6,9-10H2,1-2H3,(H,27,29)(H,31,32)/t18?,19?,20?,23-/m0/s1. The number of carbonyl (C=O) groups excluding carboxylic acids is 3. The maximum Gasteiger partial charge on any atom is 0.328 e. The molecule has 2 aromatic rings. The van der Waals surface area contributed by atoms with E-state index in [2.05, 4.69) is 5.32 Å². The minimum absolute atomic E-state index is 0.382. The minimum atomic E-state index is -1.28. The maximum absolute atomic E-state index is 13.4. The molecule has 0 radical (unpaired) electrons. The summed E-state index contributed by atoms with van der Waals surface area (Å²) in [6, 6.07) is 12.2.